The molecular weight excluding hydrogens is 210 g/mol. The molecule has 0 aromatic rings. The van der Waals surface area contributed by atoms with Gasteiger partial charge in [-0.3, -0.25) is 4.90 Å². The van der Waals surface area contributed by atoms with E-state index in [1.807, 2.05) is 0 Å². The third-order valence-electron chi connectivity index (χ3n) is 4.87. The lowest BCUT2D eigenvalue weighted by atomic mass is 9.92. The number of hydrogen-bond donors (Lipinski definition) is 1. The van der Waals surface area contributed by atoms with Crippen LogP contribution in [0.4, 0.5) is 0 Å². The molecule has 0 spiro atoms. The van der Waals surface area contributed by atoms with Gasteiger partial charge in [0, 0.05) is 31.2 Å². The van der Waals surface area contributed by atoms with Crippen molar-refractivity contribution >= 4 is 0 Å². The Kier molecular flexibility index (Phi) is 4.11. The molecule has 3 unspecified atom stereocenters. The average molecular weight is 239 g/mol. The predicted octanol–water partition coefficient (Wildman–Crippen LogP) is 1.53. The van der Waals surface area contributed by atoms with Gasteiger partial charge in [-0.1, -0.05) is 6.92 Å². The zero-order valence-corrected chi connectivity index (χ0v) is 11.8. The van der Waals surface area contributed by atoms with E-state index in [2.05, 4.69) is 30.7 Å². The lowest BCUT2D eigenvalue weighted by Gasteiger charge is -2.44. The average Bonchev–Trinajstić information content (AvgIpc) is 2.58. The first-order chi connectivity index (χ1) is 8.07. The molecule has 0 amide bonds. The van der Waals surface area contributed by atoms with Crippen LogP contribution in [0.25, 0.3) is 0 Å². The summed E-state index contributed by atoms with van der Waals surface area (Å²) in [5.41, 5.74) is 6.46. The van der Waals surface area contributed by atoms with Gasteiger partial charge in [-0.2, -0.15) is 0 Å². The molecular formula is C14H29N3. The van der Waals surface area contributed by atoms with E-state index in [4.69, 9.17) is 5.73 Å². The Balaban J connectivity index is 2.12. The molecule has 2 aliphatic rings. The van der Waals surface area contributed by atoms with Gasteiger partial charge in [0.2, 0.25) is 0 Å². The number of hydrogen-bond acceptors (Lipinski definition) is 3. The van der Waals surface area contributed by atoms with Gasteiger partial charge in [0.25, 0.3) is 0 Å². The second-order valence-corrected chi connectivity index (χ2v) is 6.43. The maximum absolute atomic E-state index is 6.15. The fraction of sp³-hybridized carbons (Fsp3) is 1.00. The van der Waals surface area contributed by atoms with Crippen molar-refractivity contribution in [1.29, 1.82) is 0 Å². The van der Waals surface area contributed by atoms with Gasteiger partial charge in [-0.05, 0) is 52.1 Å². The van der Waals surface area contributed by atoms with Gasteiger partial charge in [0.1, 0.15) is 0 Å². The lowest BCUT2D eigenvalue weighted by Crippen LogP contribution is -2.56. The summed E-state index contributed by atoms with van der Waals surface area (Å²) in [4.78, 5) is 5.20. The van der Waals surface area contributed by atoms with Crippen LogP contribution in [0.1, 0.15) is 39.5 Å². The van der Waals surface area contributed by atoms with E-state index < -0.39 is 0 Å². The summed E-state index contributed by atoms with van der Waals surface area (Å²) in [5, 5.41) is 0. The van der Waals surface area contributed by atoms with Gasteiger partial charge in [0.15, 0.2) is 0 Å². The largest absolute Gasteiger partial charge is 0.329 e. The summed E-state index contributed by atoms with van der Waals surface area (Å²) in [6.45, 7) is 9.25. The molecule has 1 saturated carbocycles. The molecule has 0 bridgehead atoms. The third kappa shape index (κ3) is 2.67. The van der Waals surface area contributed by atoms with Crippen molar-refractivity contribution in [2.75, 3.05) is 33.2 Å². The molecule has 1 aliphatic carbocycles. The highest BCUT2D eigenvalue weighted by Crippen LogP contribution is 2.39. The summed E-state index contributed by atoms with van der Waals surface area (Å²) in [7, 11) is 2.24. The molecule has 1 saturated heterocycles. The highest BCUT2D eigenvalue weighted by Gasteiger charge is 2.43. The molecule has 2 rings (SSSR count). The van der Waals surface area contributed by atoms with Gasteiger partial charge < -0.3 is 10.6 Å². The minimum Gasteiger partial charge on any atom is -0.329 e. The van der Waals surface area contributed by atoms with Crippen molar-refractivity contribution in [3.63, 3.8) is 0 Å². The van der Waals surface area contributed by atoms with Crippen molar-refractivity contribution in [3.8, 4) is 0 Å². The van der Waals surface area contributed by atoms with Crippen molar-refractivity contribution < 1.29 is 0 Å². The molecule has 3 nitrogen and oxygen atoms in total. The quantitative estimate of drug-likeness (QED) is 0.793. The summed E-state index contributed by atoms with van der Waals surface area (Å²) in [5.74, 6) is 0.853. The van der Waals surface area contributed by atoms with Crippen LogP contribution >= 0.6 is 0 Å². The standard InChI is InChI=1S/C14H29N3/c1-12-5-6-14(9-12,11-15)17-8-4-7-16(3)10-13(17)2/h12-13H,4-11,15H2,1-3H3. The van der Waals surface area contributed by atoms with Crippen LogP contribution in [0.15, 0.2) is 0 Å². The van der Waals surface area contributed by atoms with Gasteiger partial charge in [-0.25, -0.2) is 0 Å². The fourth-order valence-corrected chi connectivity index (χ4v) is 4.01. The minimum absolute atomic E-state index is 0.310. The predicted molar refractivity (Wildman–Crippen MR) is 73.1 cm³/mol. The molecule has 3 heteroatoms. The Bertz CT molecular complexity index is 256. The van der Waals surface area contributed by atoms with Gasteiger partial charge >= 0.3 is 0 Å². The summed E-state index contributed by atoms with van der Waals surface area (Å²) in [6, 6.07) is 0.649. The van der Waals surface area contributed by atoms with E-state index in [0.717, 1.165) is 12.5 Å². The Labute approximate surface area is 106 Å². The highest BCUT2D eigenvalue weighted by atomic mass is 15.3. The topological polar surface area (TPSA) is 32.5 Å². The summed E-state index contributed by atoms with van der Waals surface area (Å²) in [6.07, 6.45) is 5.25. The van der Waals surface area contributed by atoms with Crippen LogP contribution in [0.2, 0.25) is 0 Å². The second-order valence-electron chi connectivity index (χ2n) is 6.43. The lowest BCUT2D eigenvalue weighted by molar-refractivity contribution is 0.0585. The van der Waals surface area contributed by atoms with E-state index in [-0.39, 0.29) is 0 Å². The summed E-state index contributed by atoms with van der Waals surface area (Å²) < 4.78 is 0. The van der Waals surface area contributed by atoms with E-state index in [9.17, 15) is 0 Å². The SMILES string of the molecule is CC1CCC(CN)(N2CCCN(C)CC2C)C1. The van der Waals surface area contributed by atoms with Gasteiger partial charge in [-0.15, -0.1) is 0 Å². The number of likely N-dealkylation sites (N-methyl/N-ethyl adjacent to an activating group) is 1. The minimum atomic E-state index is 0.310. The van der Waals surface area contributed by atoms with Crippen molar-refractivity contribution in [3.05, 3.63) is 0 Å². The summed E-state index contributed by atoms with van der Waals surface area (Å²) >= 11 is 0. The van der Waals surface area contributed by atoms with E-state index >= 15 is 0 Å². The molecule has 2 fully saturated rings. The van der Waals surface area contributed by atoms with E-state index in [1.165, 1.54) is 45.3 Å². The maximum Gasteiger partial charge on any atom is 0.0337 e. The molecule has 1 aliphatic heterocycles. The zero-order valence-electron chi connectivity index (χ0n) is 11.8. The first-order valence-corrected chi connectivity index (χ1v) is 7.23. The second kappa shape index (κ2) is 5.25. The molecule has 0 radical (unpaired) electrons. The molecule has 0 aromatic carbocycles. The van der Waals surface area contributed by atoms with E-state index in [1.54, 1.807) is 0 Å². The molecule has 2 N–H and O–H groups in total. The fourth-order valence-electron chi connectivity index (χ4n) is 4.01. The number of rotatable bonds is 2. The Hall–Kier alpha value is -0.120. The van der Waals surface area contributed by atoms with Crippen LogP contribution in [0.5, 0.6) is 0 Å². The van der Waals surface area contributed by atoms with Crippen LogP contribution in [-0.2, 0) is 0 Å². The van der Waals surface area contributed by atoms with E-state index in [0.29, 0.717) is 11.6 Å². The molecule has 100 valence electrons. The number of nitrogens with two attached hydrogens (primary N) is 1. The normalized spacial score (nSPS) is 41.6. The number of nitrogens with zero attached hydrogens (tertiary/aromatic N) is 2. The van der Waals surface area contributed by atoms with Gasteiger partial charge in [0.05, 0.1) is 0 Å². The molecule has 17 heavy (non-hydrogen) atoms. The van der Waals surface area contributed by atoms with Crippen LogP contribution in [0, 0.1) is 5.92 Å². The van der Waals surface area contributed by atoms with Crippen LogP contribution in [0.3, 0.4) is 0 Å². The molecule has 1 heterocycles. The molecule has 0 aromatic heterocycles. The smallest absolute Gasteiger partial charge is 0.0337 e. The Morgan fingerprint density at radius 3 is 2.65 bits per heavy atom. The van der Waals surface area contributed by atoms with Crippen molar-refractivity contribution in [2.45, 2.75) is 51.1 Å². The maximum atomic E-state index is 6.15. The van der Waals surface area contributed by atoms with Crippen LogP contribution < -0.4 is 5.73 Å². The third-order valence-corrected chi connectivity index (χ3v) is 4.87. The monoisotopic (exact) mass is 239 g/mol. The Morgan fingerprint density at radius 1 is 1.29 bits per heavy atom. The van der Waals surface area contributed by atoms with Crippen molar-refractivity contribution in [1.82, 2.24) is 9.80 Å². The first kappa shape index (κ1) is 13.3. The highest BCUT2D eigenvalue weighted by molar-refractivity contribution is 5.00. The zero-order chi connectivity index (χ0) is 12.5. The Morgan fingerprint density at radius 2 is 2.06 bits per heavy atom. The molecule has 3 atom stereocenters. The van der Waals surface area contributed by atoms with Crippen molar-refractivity contribution in [2.24, 2.45) is 11.7 Å². The first-order valence-electron chi connectivity index (χ1n) is 7.23. The van der Waals surface area contributed by atoms with Crippen LogP contribution in [-0.4, -0.2) is 54.6 Å².